The molecule has 0 aliphatic carbocycles. The van der Waals surface area contributed by atoms with E-state index in [0.29, 0.717) is 12.0 Å². The Morgan fingerprint density at radius 2 is 1.95 bits per heavy atom. The Morgan fingerprint density at radius 3 is 2.37 bits per heavy atom. The quantitative estimate of drug-likeness (QED) is 0.865. The number of rotatable bonds is 4. The van der Waals surface area contributed by atoms with E-state index in [1.165, 1.54) is 18.2 Å². The molecule has 1 rings (SSSR count). The van der Waals surface area contributed by atoms with Crippen LogP contribution in [0.4, 0.5) is 0 Å². The normalized spacial score (nSPS) is 12.2. The summed E-state index contributed by atoms with van der Waals surface area (Å²) in [6.07, 6.45) is 0.344. The first-order valence-electron chi connectivity index (χ1n) is 5.49. The van der Waals surface area contributed by atoms with Gasteiger partial charge in [0.1, 0.15) is 5.75 Å². The molecule has 0 unspecified atom stereocenters. The molecule has 0 amide bonds. The smallest absolute Gasteiger partial charge is 0.401 e. The third-order valence-corrected chi connectivity index (χ3v) is 2.83. The highest BCUT2D eigenvalue weighted by atomic mass is 35.7. The van der Waals surface area contributed by atoms with Gasteiger partial charge in [-0.3, -0.25) is 0 Å². The minimum absolute atomic E-state index is 0.00717. The largest absolute Gasteiger partial charge is 0.478 e. The van der Waals surface area contributed by atoms with E-state index >= 15 is 0 Å². The Balaban J connectivity index is 3.38. The Labute approximate surface area is 116 Å². The molecule has 0 saturated carbocycles. The first-order chi connectivity index (χ1) is 8.49. The van der Waals surface area contributed by atoms with Crippen LogP contribution < -0.4 is 4.18 Å². The van der Waals surface area contributed by atoms with E-state index in [0.717, 1.165) is 0 Å². The molecule has 0 aliphatic heterocycles. The average Bonchev–Trinajstić information content (AvgIpc) is 2.15. The highest BCUT2D eigenvalue weighted by Gasteiger charge is 2.23. The molecule has 0 atom stereocenters. The van der Waals surface area contributed by atoms with Crippen LogP contribution in [0.5, 0.6) is 5.75 Å². The summed E-state index contributed by atoms with van der Waals surface area (Å²) in [5.41, 5.74) is 0.0826. The molecule has 0 saturated heterocycles. The number of carbonyl (C=O) groups is 1. The van der Waals surface area contributed by atoms with E-state index < -0.39 is 15.3 Å². The van der Waals surface area contributed by atoms with Gasteiger partial charge in [0.2, 0.25) is 0 Å². The van der Waals surface area contributed by atoms with E-state index in [9.17, 15) is 13.2 Å². The van der Waals surface area contributed by atoms with Gasteiger partial charge in [0.25, 0.3) is 0 Å². The minimum atomic E-state index is -4.22. The second-order valence-electron chi connectivity index (χ2n) is 5.30. The first-order valence-corrected chi connectivity index (χ1v) is 7.72. The van der Waals surface area contributed by atoms with Crippen LogP contribution in [0.25, 0.3) is 0 Å². The fourth-order valence-electron chi connectivity index (χ4n) is 1.66. The molecule has 0 fully saturated rings. The molecule has 0 aliphatic rings. The second kappa shape index (κ2) is 5.38. The van der Waals surface area contributed by atoms with Gasteiger partial charge in [-0.05, 0) is 24.0 Å². The van der Waals surface area contributed by atoms with Crippen molar-refractivity contribution in [2.75, 3.05) is 0 Å². The molecule has 0 bridgehead atoms. The molecule has 0 aromatic heterocycles. The zero-order valence-corrected chi connectivity index (χ0v) is 12.4. The van der Waals surface area contributed by atoms with Crippen LogP contribution in [0.2, 0.25) is 0 Å². The number of halogens is 1. The van der Waals surface area contributed by atoms with Crippen molar-refractivity contribution in [3.05, 3.63) is 29.3 Å². The molecule has 7 heteroatoms. The van der Waals surface area contributed by atoms with Crippen LogP contribution in [0, 0.1) is 5.41 Å². The fourth-order valence-corrected chi connectivity index (χ4v) is 2.24. The van der Waals surface area contributed by atoms with Gasteiger partial charge in [-0.1, -0.05) is 26.8 Å². The van der Waals surface area contributed by atoms with Gasteiger partial charge in [0.15, 0.2) is 0 Å². The van der Waals surface area contributed by atoms with Crippen LogP contribution in [-0.4, -0.2) is 19.5 Å². The molecule has 19 heavy (non-hydrogen) atoms. The van der Waals surface area contributed by atoms with Gasteiger partial charge in [-0.15, -0.1) is 0 Å². The maximum Gasteiger partial charge on any atom is 0.401 e. The number of hydrogen-bond donors (Lipinski definition) is 1. The minimum Gasteiger partial charge on any atom is -0.478 e. The molecular weight excluding hydrogens is 292 g/mol. The third kappa shape index (κ3) is 5.08. The maximum absolute atomic E-state index is 11.2. The standard InChI is InChI=1S/C12H15ClO5S/c1-12(2,3)7-9-8(11(14)15)5-4-6-10(9)18-19(13,16)17/h4-6H,7H2,1-3H3,(H,14,15). The molecule has 0 radical (unpaired) electrons. The summed E-state index contributed by atoms with van der Waals surface area (Å²) in [4.78, 5) is 11.2. The third-order valence-electron chi connectivity index (χ3n) is 2.26. The summed E-state index contributed by atoms with van der Waals surface area (Å²) in [5, 5.41) is 9.15. The van der Waals surface area contributed by atoms with Crippen LogP contribution in [0.3, 0.4) is 0 Å². The Hall–Kier alpha value is -1.27. The van der Waals surface area contributed by atoms with Gasteiger partial charge in [-0.2, -0.15) is 8.42 Å². The van der Waals surface area contributed by atoms with Crippen LogP contribution >= 0.6 is 10.7 Å². The number of hydrogen-bond acceptors (Lipinski definition) is 4. The van der Waals surface area contributed by atoms with Gasteiger partial charge in [-0.25, -0.2) is 4.79 Å². The first kappa shape index (κ1) is 15.8. The molecule has 0 spiro atoms. The molecule has 1 N–H and O–H groups in total. The molecule has 5 nitrogen and oxygen atoms in total. The van der Waals surface area contributed by atoms with Crippen LogP contribution in [0.15, 0.2) is 18.2 Å². The van der Waals surface area contributed by atoms with Crippen molar-refractivity contribution in [2.45, 2.75) is 27.2 Å². The fraction of sp³-hybridized carbons (Fsp3) is 0.417. The highest BCUT2D eigenvalue weighted by Crippen LogP contribution is 2.31. The van der Waals surface area contributed by atoms with E-state index in [2.05, 4.69) is 4.18 Å². The van der Waals surface area contributed by atoms with Gasteiger partial charge in [0, 0.05) is 5.56 Å². The summed E-state index contributed by atoms with van der Waals surface area (Å²) in [6.45, 7) is 5.72. The van der Waals surface area contributed by atoms with Crippen LogP contribution in [0.1, 0.15) is 36.7 Å². The maximum atomic E-state index is 11.2. The average molecular weight is 307 g/mol. The lowest BCUT2D eigenvalue weighted by molar-refractivity contribution is 0.0695. The number of benzene rings is 1. The SMILES string of the molecule is CC(C)(C)Cc1c(OS(=O)(=O)Cl)cccc1C(=O)O. The zero-order chi connectivity index (χ0) is 14.8. The van der Waals surface area contributed by atoms with E-state index in [1.54, 1.807) is 0 Å². The lowest BCUT2D eigenvalue weighted by Crippen LogP contribution is -2.15. The number of aromatic carboxylic acids is 1. The summed E-state index contributed by atoms with van der Waals surface area (Å²) in [6, 6.07) is 4.19. The summed E-state index contributed by atoms with van der Waals surface area (Å²) in [5.74, 6) is -1.19. The molecule has 106 valence electrons. The van der Waals surface area contributed by atoms with Crippen molar-refractivity contribution in [3.8, 4) is 5.75 Å². The van der Waals surface area contributed by atoms with Crippen molar-refractivity contribution in [1.29, 1.82) is 0 Å². The van der Waals surface area contributed by atoms with E-state index in [1.807, 2.05) is 20.8 Å². The lowest BCUT2D eigenvalue weighted by Gasteiger charge is -2.21. The zero-order valence-electron chi connectivity index (χ0n) is 10.8. The summed E-state index contributed by atoms with van der Waals surface area (Å²) < 4.78 is 26.6. The highest BCUT2D eigenvalue weighted by molar-refractivity contribution is 8.10. The number of carboxylic acid groups (broad SMARTS) is 1. The molecule has 1 aromatic carbocycles. The lowest BCUT2D eigenvalue weighted by atomic mass is 9.86. The predicted octanol–water partition coefficient (Wildman–Crippen LogP) is 2.84. The monoisotopic (exact) mass is 306 g/mol. The molecular formula is C12H15ClO5S. The van der Waals surface area contributed by atoms with Crippen molar-refractivity contribution >= 4 is 26.0 Å². The Morgan fingerprint density at radius 1 is 1.37 bits per heavy atom. The van der Waals surface area contributed by atoms with E-state index in [4.69, 9.17) is 15.8 Å². The number of carboxylic acids is 1. The van der Waals surface area contributed by atoms with Gasteiger partial charge < -0.3 is 9.29 Å². The Kier molecular flexibility index (Phi) is 4.47. The summed E-state index contributed by atoms with van der Waals surface area (Å²) in [7, 11) is 0.827. The Bertz CT molecular complexity index is 587. The van der Waals surface area contributed by atoms with E-state index in [-0.39, 0.29) is 16.7 Å². The second-order valence-corrected chi connectivity index (χ2v) is 7.39. The summed E-state index contributed by atoms with van der Waals surface area (Å²) >= 11 is 0. The van der Waals surface area contributed by atoms with Gasteiger partial charge >= 0.3 is 15.3 Å². The van der Waals surface area contributed by atoms with Crippen molar-refractivity contribution in [3.63, 3.8) is 0 Å². The molecule has 0 heterocycles. The van der Waals surface area contributed by atoms with Crippen LogP contribution in [-0.2, 0) is 15.8 Å². The molecule has 1 aromatic rings. The van der Waals surface area contributed by atoms with Crippen molar-refractivity contribution < 1.29 is 22.5 Å². The van der Waals surface area contributed by atoms with Crippen molar-refractivity contribution in [2.24, 2.45) is 5.41 Å². The topological polar surface area (TPSA) is 80.7 Å². The van der Waals surface area contributed by atoms with Crippen molar-refractivity contribution in [1.82, 2.24) is 0 Å². The predicted molar refractivity (Wildman–Crippen MR) is 72.0 cm³/mol. The van der Waals surface area contributed by atoms with Gasteiger partial charge in [0.05, 0.1) is 16.2 Å².